The van der Waals surface area contributed by atoms with E-state index in [0.717, 1.165) is 29.4 Å². The van der Waals surface area contributed by atoms with E-state index in [4.69, 9.17) is 0 Å². The van der Waals surface area contributed by atoms with Gasteiger partial charge in [-0.05, 0) is 48.7 Å². The van der Waals surface area contributed by atoms with Crippen LogP contribution in [0.4, 0.5) is 5.82 Å². The zero-order chi connectivity index (χ0) is 12.8. The van der Waals surface area contributed by atoms with Gasteiger partial charge in [-0.3, -0.25) is 0 Å². The van der Waals surface area contributed by atoms with Crippen LogP contribution in [0.1, 0.15) is 32.6 Å². The molecular weight excluding hydrogens is 292 g/mol. The summed E-state index contributed by atoms with van der Waals surface area (Å²) in [5, 5.41) is 3.33. The van der Waals surface area contributed by atoms with Crippen molar-refractivity contribution in [2.24, 2.45) is 0 Å². The number of anilines is 1. The SMILES string of the molecule is CC1CCCCN1CCCNc1cc(Br)ncn1. The van der Waals surface area contributed by atoms with Crippen molar-refractivity contribution in [3.8, 4) is 0 Å². The Morgan fingerprint density at radius 3 is 3.11 bits per heavy atom. The molecule has 0 aromatic carbocycles. The maximum absolute atomic E-state index is 4.17. The van der Waals surface area contributed by atoms with Gasteiger partial charge < -0.3 is 10.2 Å². The molecule has 0 radical (unpaired) electrons. The Labute approximate surface area is 117 Å². The molecular formula is C13H21BrN4. The molecule has 1 aromatic heterocycles. The summed E-state index contributed by atoms with van der Waals surface area (Å²) in [6.07, 6.45) is 6.83. The fraction of sp³-hybridized carbons (Fsp3) is 0.692. The van der Waals surface area contributed by atoms with Gasteiger partial charge in [0.1, 0.15) is 16.7 Å². The van der Waals surface area contributed by atoms with Gasteiger partial charge in [-0.25, -0.2) is 9.97 Å². The van der Waals surface area contributed by atoms with Crippen molar-refractivity contribution in [2.75, 3.05) is 25.0 Å². The van der Waals surface area contributed by atoms with E-state index >= 15 is 0 Å². The summed E-state index contributed by atoms with van der Waals surface area (Å²) in [5.41, 5.74) is 0. The highest BCUT2D eigenvalue weighted by atomic mass is 79.9. The lowest BCUT2D eigenvalue weighted by Gasteiger charge is -2.33. The Hall–Kier alpha value is -0.680. The summed E-state index contributed by atoms with van der Waals surface area (Å²) in [4.78, 5) is 10.8. The van der Waals surface area contributed by atoms with Gasteiger partial charge in [0, 0.05) is 25.2 Å². The minimum atomic E-state index is 0.756. The van der Waals surface area contributed by atoms with E-state index in [9.17, 15) is 0 Å². The number of aromatic nitrogens is 2. The molecule has 2 heterocycles. The summed E-state index contributed by atoms with van der Waals surface area (Å²) >= 11 is 3.34. The summed E-state index contributed by atoms with van der Waals surface area (Å²) < 4.78 is 0.824. The molecule has 100 valence electrons. The topological polar surface area (TPSA) is 41.0 Å². The lowest BCUT2D eigenvalue weighted by molar-refractivity contribution is 0.160. The number of halogens is 1. The summed E-state index contributed by atoms with van der Waals surface area (Å²) in [6.45, 7) is 5.75. The molecule has 1 aromatic rings. The number of piperidine rings is 1. The molecule has 2 rings (SSSR count). The van der Waals surface area contributed by atoms with Crippen LogP contribution in [0.2, 0.25) is 0 Å². The molecule has 0 amide bonds. The first-order valence-corrected chi connectivity index (χ1v) is 7.50. The van der Waals surface area contributed by atoms with Gasteiger partial charge in [0.2, 0.25) is 0 Å². The van der Waals surface area contributed by atoms with Crippen LogP contribution in [0.5, 0.6) is 0 Å². The van der Waals surface area contributed by atoms with Crippen molar-refractivity contribution < 1.29 is 0 Å². The van der Waals surface area contributed by atoms with Crippen LogP contribution in [0.15, 0.2) is 17.0 Å². The van der Waals surface area contributed by atoms with E-state index in [2.05, 4.69) is 43.0 Å². The van der Waals surface area contributed by atoms with Crippen LogP contribution in [0.25, 0.3) is 0 Å². The first-order chi connectivity index (χ1) is 8.75. The van der Waals surface area contributed by atoms with E-state index in [-0.39, 0.29) is 0 Å². The third-order valence-corrected chi connectivity index (χ3v) is 3.94. The minimum absolute atomic E-state index is 0.756. The molecule has 5 heteroatoms. The fourth-order valence-electron chi connectivity index (χ4n) is 2.42. The van der Waals surface area contributed by atoms with Crippen LogP contribution in [-0.2, 0) is 0 Å². The summed E-state index contributed by atoms with van der Waals surface area (Å²) in [5.74, 6) is 0.892. The molecule has 1 aliphatic rings. The number of hydrogen-bond acceptors (Lipinski definition) is 4. The van der Waals surface area contributed by atoms with Gasteiger partial charge in [-0.15, -0.1) is 0 Å². The average molecular weight is 313 g/mol. The highest BCUT2D eigenvalue weighted by Crippen LogP contribution is 2.16. The number of rotatable bonds is 5. The number of nitrogens with one attached hydrogen (secondary N) is 1. The van der Waals surface area contributed by atoms with Crippen molar-refractivity contribution in [2.45, 2.75) is 38.6 Å². The van der Waals surface area contributed by atoms with Crippen LogP contribution in [0, 0.1) is 0 Å². The first kappa shape index (κ1) is 13.7. The first-order valence-electron chi connectivity index (χ1n) is 6.71. The third kappa shape index (κ3) is 4.21. The fourth-order valence-corrected chi connectivity index (χ4v) is 2.73. The molecule has 0 saturated carbocycles. The van der Waals surface area contributed by atoms with Crippen molar-refractivity contribution in [1.82, 2.24) is 14.9 Å². The second-order valence-corrected chi connectivity index (χ2v) is 5.70. The standard InChI is InChI=1S/C13H21BrN4/c1-11-5-2-3-7-18(11)8-4-6-15-13-9-12(14)16-10-17-13/h9-11H,2-8H2,1H3,(H,15,16,17). The van der Waals surface area contributed by atoms with E-state index in [0.29, 0.717) is 0 Å². The van der Waals surface area contributed by atoms with Gasteiger partial charge >= 0.3 is 0 Å². The van der Waals surface area contributed by atoms with Crippen LogP contribution < -0.4 is 5.32 Å². The Bertz CT molecular complexity index is 372. The van der Waals surface area contributed by atoms with Crippen molar-refractivity contribution >= 4 is 21.7 Å². The molecule has 1 saturated heterocycles. The summed E-state index contributed by atoms with van der Waals surface area (Å²) in [6, 6.07) is 2.66. The third-order valence-electron chi connectivity index (χ3n) is 3.50. The molecule has 0 aliphatic carbocycles. The van der Waals surface area contributed by atoms with Crippen molar-refractivity contribution in [1.29, 1.82) is 0 Å². The smallest absolute Gasteiger partial charge is 0.130 e. The van der Waals surface area contributed by atoms with Crippen LogP contribution in [-0.4, -0.2) is 40.5 Å². The Morgan fingerprint density at radius 2 is 2.33 bits per heavy atom. The van der Waals surface area contributed by atoms with E-state index < -0.39 is 0 Å². The summed E-state index contributed by atoms with van der Waals surface area (Å²) in [7, 11) is 0. The molecule has 1 aliphatic heterocycles. The van der Waals surface area contributed by atoms with Crippen LogP contribution >= 0.6 is 15.9 Å². The van der Waals surface area contributed by atoms with Gasteiger partial charge in [0.05, 0.1) is 0 Å². The van der Waals surface area contributed by atoms with Gasteiger partial charge in [0.15, 0.2) is 0 Å². The second kappa shape index (κ2) is 7.04. The Morgan fingerprint density at radius 1 is 1.44 bits per heavy atom. The number of nitrogens with zero attached hydrogens (tertiary/aromatic N) is 3. The normalized spacial score (nSPS) is 20.9. The predicted octanol–water partition coefficient (Wildman–Crippen LogP) is 2.92. The van der Waals surface area contributed by atoms with Crippen molar-refractivity contribution in [3.05, 3.63) is 17.0 Å². The molecule has 0 bridgehead atoms. The number of likely N-dealkylation sites (tertiary alicyclic amines) is 1. The van der Waals surface area contributed by atoms with Gasteiger partial charge in [-0.1, -0.05) is 6.42 Å². The molecule has 1 atom stereocenters. The van der Waals surface area contributed by atoms with E-state index in [1.54, 1.807) is 6.33 Å². The highest BCUT2D eigenvalue weighted by Gasteiger charge is 2.16. The van der Waals surface area contributed by atoms with Gasteiger partial charge in [0.25, 0.3) is 0 Å². The van der Waals surface area contributed by atoms with Crippen molar-refractivity contribution in [3.63, 3.8) is 0 Å². The maximum atomic E-state index is 4.17. The molecule has 0 spiro atoms. The predicted molar refractivity (Wildman–Crippen MR) is 77.7 cm³/mol. The van der Waals surface area contributed by atoms with Gasteiger partial charge in [-0.2, -0.15) is 0 Å². The number of hydrogen-bond donors (Lipinski definition) is 1. The molecule has 18 heavy (non-hydrogen) atoms. The van der Waals surface area contributed by atoms with Crippen LogP contribution in [0.3, 0.4) is 0 Å². The highest BCUT2D eigenvalue weighted by molar-refractivity contribution is 9.10. The Kier molecular flexibility index (Phi) is 5.38. The second-order valence-electron chi connectivity index (χ2n) is 4.89. The molecule has 1 unspecified atom stereocenters. The maximum Gasteiger partial charge on any atom is 0.130 e. The van der Waals surface area contributed by atoms with E-state index in [1.807, 2.05) is 6.07 Å². The monoisotopic (exact) mass is 312 g/mol. The molecule has 1 fully saturated rings. The molecule has 1 N–H and O–H groups in total. The average Bonchev–Trinajstić information content (AvgIpc) is 2.37. The zero-order valence-electron chi connectivity index (χ0n) is 10.9. The molecule has 4 nitrogen and oxygen atoms in total. The minimum Gasteiger partial charge on any atom is -0.370 e. The lowest BCUT2D eigenvalue weighted by Crippen LogP contribution is -2.38. The zero-order valence-corrected chi connectivity index (χ0v) is 12.5. The largest absolute Gasteiger partial charge is 0.370 e. The Balaban J connectivity index is 1.66. The van der Waals surface area contributed by atoms with E-state index in [1.165, 1.54) is 32.4 Å². The quantitative estimate of drug-likeness (QED) is 0.670. The lowest BCUT2D eigenvalue weighted by atomic mass is 10.0.